The highest BCUT2D eigenvalue weighted by Crippen LogP contribution is 2.39. The molecule has 0 aliphatic heterocycles. The number of fused-ring (bicyclic) bond motifs is 1. The van der Waals surface area contributed by atoms with Gasteiger partial charge in [0.2, 0.25) is 5.95 Å². The minimum absolute atomic E-state index is 0.124. The Hall–Kier alpha value is -4.48. The number of anilines is 2. The van der Waals surface area contributed by atoms with Gasteiger partial charge in [-0.25, -0.2) is 9.97 Å². The molecule has 288 valence electrons. The van der Waals surface area contributed by atoms with Crippen LogP contribution in [0.25, 0.3) is 11.2 Å². The third-order valence-electron chi connectivity index (χ3n) is 9.64. The number of aryl methyl sites for hydroxylation is 1. The number of imidazole rings is 2. The average Bonchev–Trinajstić information content (AvgIpc) is 3.87. The lowest BCUT2D eigenvalue weighted by Crippen LogP contribution is -2.51. The topological polar surface area (TPSA) is 166 Å². The number of nitrogens with one attached hydrogen (secondary N) is 2. The molecule has 18 heteroatoms. The second-order valence-electron chi connectivity index (χ2n) is 13.2. The monoisotopic (exact) mass is 789 g/mol. The Morgan fingerprint density at radius 3 is 2.17 bits per heavy atom. The molecule has 54 heavy (non-hydrogen) atoms. The van der Waals surface area contributed by atoms with Crippen molar-refractivity contribution in [1.82, 2.24) is 34.0 Å². The molecule has 1 fully saturated rings. The van der Waals surface area contributed by atoms with Crippen molar-refractivity contribution in [2.75, 3.05) is 30.3 Å². The maximum Gasteiger partial charge on any atom is 0.471 e. The molecule has 0 radical (unpaired) electrons. The van der Waals surface area contributed by atoms with Crippen LogP contribution in [0.4, 0.5) is 24.9 Å². The van der Waals surface area contributed by atoms with Gasteiger partial charge in [-0.2, -0.15) is 23.1 Å². The van der Waals surface area contributed by atoms with E-state index in [4.69, 9.17) is 23.2 Å². The number of alkyl halides is 3. The van der Waals surface area contributed by atoms with Crippen LogP contribution in [0.15, 0.2) is 67.4 Å². The Balaban J connectivity index is 1.36. The zero-order valence-corrected chi connectivity index (χ0v) is 30.9. The van der Waals surface area contributed by atoms with Gasteiger partial charge in [0, 0.05) is 42.3 Å². The van der Waals surface area contributed by atoms with E-state index >= 15 is 0 Å². The Morgan fingerprint density at radius 2 is 1.59 bits per heavy atom. The van der Waals surface area contributed by atoms with Gasteiger partial charge in [0.25, 0.3) is 0 Å². The number of benzene rings is 2. The lowest BCUT2D eigenvalue weighted by atomic mass is 9.86. The molecule has 0 saturated heterocycles. The van der Waals surface area contributed by atoms with E-state index in [0.29, 0.717) is 39.0 Å². The molecule has 5 N–H and O–H groups in total. The summed E-state index contributed by atoms with van der Waals surface area (Å²) in [4.78, 5) is 31.3. The number of hydrogen-bond donors (Lipinski definition) is 5. The van der Waals surface area contributed by atoms with Gasteiger partial charge in [-0.3, -0.25) is 4.79 Å². The number of aliphatic hydroxyl groups is 3. The number of hydrogen-bond acceptors (Lipinski definition) is 10. The zero-order chi connectivity index (χ0) is 38.8. The van der Waals surface area contributed by atoms with Crippen LogP contribution in [-0.2, 0) is 23.4 Å². The van der Waals surface area contributed by atoms with Crippen LogP contribution in [0.1, 0.15) is 49.6 Å². The van der Waals surface area contributed by atoms with Crippen molar-refractivity contribution in [3.63, 3.8) is 0 Å². The van der Waals surface area contributed by atoms with Gasteiger partial charge >= 0.3 is 12.1 Å². The number of carbonyl (C=O) groups is 1. The number of rotatable bonds is 14. The molecule has 2 aromatic carbocycles. The van der Waals surface area contributed by atoms with Crippen molar-refractivity contribution < 1.29 is 33.3 Å². The quantitative estimate of drug-likeness (QED) is 0.101. The summed E-state index contributed by atoms with van der Waals surface area (Å²) < 4.78 is 44.2. The molecule has 0 spiro atoms. The van der Waals surface area contributed by atoms with Gasteiger partial charge in [-0.1, -0.05) is 54.4 Å². The Kier molecular flexibility index (Phi) is 11.7. The number of nitrogens with zero attached hydrogens (tertiary/aromatic N) is 7. The smallest absolute Gasteiger partial charge is 0.388 e. The number of amides is 1. The summed E-state index contributed by atoms with van der Waals surface area (Å²) in [6, 6.07) is 11.1. The molecule has 3 heterocycles. The van der Waals surface area contributed by atoms with Crippen molar-refractivity contribution in [2.24, 2.45) is 0 Å². The third kappa shape index (κ3) is 8.12. The fourth-order valence-electron chi connectivity index (χ4n) is 6.80. The Morgan fingerprint density at radius 1 is 0.944 bits per heavy atom. The van der Waals surface area contributed by atoms with E-state index in [9.17, 15) is 33.3 Å². The van der Waals surface area contributed by atoms with Gasteiger partial charge in [0.15, 0.2) is 17.0 Å². The predicted octanol–water partition coefficient (Wildman–Crippen LogP) is 5.19. The Bertz CT molecular complexity index is 2020. The van der Waals surface area contributed by atoms with Crippen LogP contribution in [-0.4, -0.2) is 99.3 Å². The van der Waals surface area contributed by atoms with E-state index in [2.05, 4.69) is 30.6 Å². The third-order valence-corrected chi connectivity index (χ3v) is 10.1. The first-order valence-corrected chi connectivity index (χ1v) is 18.2. The standard InChI is InChI=1S/C36H40Cl2F3N9O4/c1-3-15-49(33(53)36(39,40)41)26-16-27(30(52)29(26)51)50-20-45-28-31(46-34(47-32(28)50)42-14-13-25-17-48(4-2)19-44-25)43-18-35(54,21-5-9-23(37)10-6-21)22-7-11-24(38)12-8-22/h5-12,17,19-20,26-27,29-30,51-52,54H,3-4,13-16,18H2,1-2H3,(H2,42,43,46,47)/t26-,27+,29+,30-/m0/s1. The van der Waals surface area contributed by atoms with E-state index in [1.54, 1.807) is 61.8 Å². The molecule has 4 atom stereocenters. The van der Waals surface area contributed by atoms with Gasteiger partial charge in [0.05, 0.1) is 37.0 Å². The predicted molar refractivity (Wildman–Crippen MR) is 197 cm³/mol. The average molecular weight is 791 g/mol. The molecule has 0 bridgehead atoms. The first-order valence-electron chi connectivity index (χ1n) is 17.4. The maximum atomic E-state index is 13.6. The molecule has 5 aromatic rings. The summed E-state index contributed by atoms with van der Waals surface area (Å²) in [6.45, 7) is 4.37. The van der Waals surface area contributed by atoms with Crippen molar-refractivity contribution in [3.05, 3.63) is 94.2 Å². The first-order chi connectivity index (χ1) is 25.7. The summed E-state index contributed by atoms with van der Waals surface area (Å²) in [6.07, 6.45) is -2.87. The summed E-state index contributed by atoms with van der Waals surface area (Å²) in [5, 5.41) is 41.9. The normalized spacial score (nSPS) is 19.0. The van der Waals surface area contributed by atoms with Crippen molar-refractivity contribution in [2.45, 2.75) is 75.7 Å². The van der Waals surface area contributed by atoms with E-state index in [-0.39, 0.29) is 48.9 Å². The molecule has 1 saturated carbocycles. The molecule has 0 unspecified atom stereocenters. The summed E-state index contributed by atoms with van der Waals surface area (Å²) in [5.41, 5.74) is 0.645. The van der Waals surface area contributed by atoms with Crippen LogP contribution < -0.4 is 10.6 Å². The largest absolute Gasteiger partial charge is 0.471 e. The van der Waals surface area contributed by atoms with Crippen LogP contribution in [0.2, 0.25) is 10.0 Å². The molecule has 3 aromatic heterocycles. The highest BCUT2D eigenvalue weighted by molar-refractivity contribution is 6.30. The van der Waals surface area contributed by atoms with Crippen LogP contribution in [0.5, 0.6) is 0 Å². The number of aliphatic hydroxyl groups excluding tert-OH is 2. The zero-order valence-electron chi connectivity index (χ0n) is 29.4. The van der Waals surface area contributed by atoms with Crippen LogP contribution in [0.3, 0.4) is 0 Å². The summed E-state index contributed by atoms with van der Waals surface area (Å²) >= 11 is 12.3. The van der Waals surface area contributed by atoms with Gasteiger partial charge in [-0.05, 0) is 55.2 Å². The molecule has 6 rings (SSSR count). The second kappa shape index (κ2) is 16.1. The Labute approximate surface area is 318 Å². The molecule has 1 aliphatic rings. The lowest BCUT2D eigenvalue weighted by molar-refractivity contribution is -0.190. The maximum absolute atomic E-state index is 13.6. The van der Waals surface area contributed by atoms with E-state index in [0.717, 1.165) is 12.2 Å². The highest BCUT2D eigenvalue weighted by atomic mass is 35.5. The highest BCUT2D eigenvalue weighted by Gasteiger charge is 2.51. The number of halogens is 5. The SMILES string of the molecule is CCCN(C(=O)C(F)(F)F)[C@H]1C[C@@H](n2cnc3c(NCC(O)(c4ccc(Cl)cc4)c4ccc(Cl)cc4)nc(NCCc4cn(CC)cn4)nc32)[C@H](O)[C@@H]1O. The first kappa shape index (κ1) is 39.2. The molecular formula is C36H40Cl2F3N9O4. The minimum Gasteiger partial charge on any atom is -0.388 e. The van der Waals surface area contributed by atoms with Crippen molar-refractivity contribution >= 4 is 52.0 Å². The summed E-state index contributed by atoms with van der Waals surface area (Å²) in [5.74, 6) is -1.75. The van der Waals surface area contributed by atoms with Crippen LogP contribution in [0, 0.1) is 0 Å². The van der Waals surface area contributed by atoms with Gasteiger partial charge in [0.1, 0.15) is 17.8 Å². The molecular weight excluding hydrogens is 750 g/mol. The van der Waals surface area contributed by atoms with Gasteiger partial charge in [-0.15, -0.1) is 0 Å². The van der Waals surface area contributed by atoms with Gasteiger partial charge < -0.3 is 40.0 Å². The molecule has 13 nitrogen and oxygen atoms in total. The lowest BCUT2D eigenvalue weighted by Gasteiger charge is -2.31. The van der Waals surface area contributed by atoms with E-state index < -0.39 is 42.0 Å². The minimum atomic E-state index is -5.16. The van der Waals surface area contributed by atoms with Crippen molar-refractivity contribution in [3.8, 4) is 0 Å². The fraction of sp³-hybridized carbons (Fsp3) is 0.417. The summed E-state index contributed by atoms with van der Waals surface area (Å²) in [7, 11) is 0. The van der Waals surface area contributed by atoms with E-state index in [1.807, 2.05) is 17.7 Å². The van der Waals surface area contributed by atoms with Crippen molar-refractivity contribution in [1.29, 1.82) is 0 Å². The van der Waals surface area contributed by atoms with E-state index in [1.165, 1.54) is 10.9 Å². The van der Waals surface area contributed by atoms with Crippen LogP contribution >= 0.6 is 23.2 Å². The number of carbonyl (C=O) groups excluding carboxylic acids is 1. The number of aromatic nitrogens is 6. The fourth-order valence-corrected chi connectivity index (χ4v) is 7.05. The second-order valence-corrected chi connectivity index (χ2v) is 14.0. The molecule has 1 amide bonds. The molecule has 1 aliphatic carbocycles.